The highest BCUT2D eigenvalue weighted by Crippen LogP contribution is 2.40. The Morgan fingerprint density at radius 2 is 1.33 bits per heavy atom. The van der Waals surface area contributed by atoms with Crippen molar-refractivity contribution in [2.24, 2.45) is 0 Å². The van der Waals surface area contributed by atoms with Gasteiger partial charge in [0.25, 0.3) is 0 Å². The van der Waals surface area contributed by atoms with Crippen molar-refractivity contribution in [2.45, 2.75) is 130 Å². The number of H-pyrrole nitrogens is 1. The van der Waals surface area contributed by atoms with Crippen LogP contribution in [0.5, 0.6) is 0 Å². The maximum atomic E-state index is 12.6. The van der Waals surface area contributed by atoms with Crippen molar-refractivity contribution in [3.05, 3.63) is 82.2 Å². The number of amides is 2. The lowest BCUT2D eigenvalue weighted by Gasteiger charge is -2.30. The summed E-state index contributed by atoms with van der Waals surface area (Å²) in [5, 5.41) is 15.5. The molecule has 2 saturated carbocycles. The van der Waals surface area contributed by atoms with Gasteiger partial charge in [-0.1, -0.05) is 24.3 Å². The standard InChI is InChI=1S/2C21H28N4O2/c1-14-6-5-7-15(12-14)22-19-17-13-24(20(26)27-21(2,3)4)11-10-18(17)25(23-19)16-8-9-16;1-14-6-5-7-15(12-14)22-19-17-13-24(20(26)27-21(2,3)4)11-10-18(17)23-25(19)16-8-9-16/h2*5-7,12,16H,8-11,13H2,1-4H3,(H,22,23)/p+1. The van der Waals surface area contributed by atoms with Crippen LogP contribution >= 0.6 is 0 Å². The van der Waals surface area contributed by atoms with E-state index in [0.717, 1.165) is 41.4 Å². The smallest absolute Gasteiger partial charge is 0.410 e. The molecule has 4 aliphatic rings. The summed E-state index contributed by atoms with van der Waals surface area (Å²) in [6, 6.07) is 17.7. The van der Waals surface area contributed by atoms with Crippen LogP contribution in [-0.4, -0.2) is 61.2 Å². The highest BCUT2D eigenvalue weighted by atomic mass is 16.6. The van der Waals surface area contributed by atoms with Gasteiger partial charge in [0, 0.05) is 42.9 Å². The number of carbonyl (C=O) groups excluding carboxylic acids is 2. The number of aryl methyl sites for hydroxylation is 2. The second kappa shape index (κ2) is 14.7. The fraction of sp³-hybridized carbons (Fsp3) is 0.524. The van der Waals surface area contributed by atoms with E-state index in [1.807, 2.05) is 53.7 Å². The number of aromatic amines is 1. The Labute approximate surface area is 319 Å². The number of fused-ring (bicyclic) bond motifs is 2. The van der Waals surface area contributed by atoms with Gasteiger partial charge < -0.3 is 24.6 Å². The van der Waals surface area contributed by atoms with Crippen molar-refractivity contribution < 1.29 is 23.7 Å². The molecule has 2 aliphatic carbocycles. The lowest BCUT2D eigenvalue weighted by molar-refractivity contribution is -0.740. The maximum absolute atomic E-state index is 12.6. The Hall–Kier alpha value is -5.00. The van der Waals surface area contributed by atoms with E-state index in [4.69, 9.17) is 14.6 Å². The average Bonchev–Trinajstić information content (AvgIpc) is 4.04. The predicted molar refractivity (Wildman–Crippen MR) is 209 cm³/mol. The second-order valence-electron chi connectivity index (χ2n) is 17.3. The Bertz CT molecular complexity index is 1980. The second-order valence-corrected chi connectivity index (χ2v) is 17.3. The summed E-state index contributed by atoms with van der Waals surface area (Å²) in [5.74, 6) is 1.93. The third-order valence-electron chi connectivity index (χ3n) is 9.88. The molecule has 2 aliphatic heterocycles. The molecule has 4 aromatic rings. The molecule has 2 fully saturated rings. The van der Waals surface area contributed by atoms with Crippen LogP contribution in [0, 0.1) is 13.8 Å². The van der Waals surface area contributed by atoms with Crippen LogP contribution in [0.2, 0.25) is 0 Å². The zero-order chi connectivity index (χ0) is 38.4. The van der Waals surface area contributed by atoms with Crippen molar-refractivity contribution >= 4 is 35.2 Å². The van der Waals surface area contributed by atoms with Gasteiger partial charge in [0.1, 0.15) is 22.9 Å². The molecule has 288 valence electrons. The molecule has 2 aromatic heterocycles. The van der Waals surface area contributed by atoms with E-state index in [9.17, 15) is 9.59 Å². The molecule has 0 bridgehead atoms. The average molecular weight is 738 g/mol. The molecule has 8 rings (SSSR count). The molecule has 0 spiro atoms. The summed E-state index contributed by atoms with van der Waals surface area (Å²) in [6.07, 6.45) is 5.90. The third kappa shape index (κ3) is 9.02. The monoisotopic (exact) mass is 737 g/mol. The predicted octanol–water partition coefficient (Wildman–Crippen LogP) is 8.55. The molecule has 4 heterocycles. The summed E-state index contributed by atoms with van der Waals surface area (Å²) >= 11 is 0. The molecule has 3 N–H and O–H groups in total. The van der Waals surface area contributed by atoms with Crippen molar-refractivity contribution in [1.82, 2.24) is 24.7 Å². The fourth-order valence-corrected chi connectivity index (χ4v) is 7.04. The minimum absolute atomic E-state index is 0.242. The number of hydrogen-bond donors (Lipinski definition) is 3. The van der Waals surface area contributed by atoms with Gasteiger partial charge in [-0.3, -0.25) is 4.68 Å². The number of aromatic nitrogens is 4. The van der Waals surface area contributed by atoms with Gasteiger partial charge >= 0.3 is 18.0 Å². The van der Waals surface area contributed by atoms with E-state index in [0.29, 0.717) is 38.3 Å². The summed E-state index contributed by atoms with van der Waals surface area (Å²) in [5.41, 5.74) is 8.30. The zero-order valence-corrected chi connectivity index (χ0v) is 33.2. The molecule has 12 heteroatoms. The first kappa shape index (κ1) is 37.3. The van der Waals surface area contributed by atoms with Gasteiger partial charge in [0.05, 0.1) is 30.4 Å². The Balaban J connectivity index is 0.000000167. The van der Waals surface area contributed by atoms with Gasteiger partial charge in [0.15, 0.2) is 5.82 Å². The van der Waals surface area contributed by atoms with Crippen molar-refractivity contribution in [3.8, 4) is 0 Å². The minimum Gasteiger partial charge on any atom is -0.444 e. The lowest BCUT2D eigenvalue weighted by Crippen LogP contribution is -2.40. The summed E-state index contributed by atoms with van der Waals surface area (Å²) < 4.78 is 15.6. The molecular formula is C42H57N8O4+. The topological polar surface area (TPSA) is 121 Å². The molecular weight excluding hydrogens is 681 g/mol. The normalized spacial score (nSPS) is 16.8. The Morgan fingerprint density at radius 1 is 0.778 bits per heavy atom. The van der Waals surface area contributed by atoms with Crippen LogP contribution in [0.4, 0.5) is 32.6 Å². The molecule has 2 amide bonds. The SMILES string of the molecule is Cc1cccc(Nc2c3c([nH][n+]2C2CC2)CCN(C(=O)OC(C)(C)C)C3)c1.Cc1cccc(Nc2nn(C3CC3)c3c2CN(C(=O)OC(C)(C)C)CC3)c1. The van der Waals surface area contributed by atoms with Gasteiger partial charge in [-0.05, 0) is 116 Å². The molecule has 12 nitrogen and oxygen atoms in total. The molecule has 0 unspecified atom stereocenters. The van der Waals surface area contributed by atoms with Gasteiger partial charge in [0.2, 0.25) is 0 Å². The number of hydrogen-bond acceptors (Lipinski definition) is 7. The molecule has 54 heavy (non-hydrogen) atoms. The molecule has 0 atom stereocenters. The minimum atomic E-state index is -0.488. The van der Waals surface area contributed by atoms with Crippen LogP contribution in [0.25, 0.3) is 0 Å². The number of carbonyl (C=O) groups is 2. The van der Waals surface area contributed by atoms with E-state index in [-0.39, 0.29) is 12.2 Å². The van der Waals surface area contributed by atoms with E-state index in [1.54, 1.807) is 9.80 Å². The summed E-state index contributed by atoms with van der Waals surface area (Å²) in [7, 11) is 0. The third-order valence-corrected chi connectivity index (χ3v) is 9.88. The number of rotatable bonds is 6. The van der Waals surface area contributed by atoms with Crippen LogP contribution in [-0.2, 0) is 35.4 Å². The molecule has 0 saturated heterocycles. The highest BCUT2D eigenvalue weighted by Gasteiger charge is 2.39. The number of benzene rings is 2. The quantitative estimate of drug-likeness (QED) is 0.170. The summed E-state index contributed by atoms with van der Waals surface area (Å²) in [4.78, 5) is 28.7. The number of nitrogens with zero attached hydrogens (tertiary/aromatic N) is 5. The molecule has 0 radical (unpaired) electrons. The largest absolute Gasteiger partial charge is 0.444 e. The van der Waals surface area contributed by atoms with Crippen molar-refractivity contribution in [3.63, 3.8) is 0 Å². The molecule has 2 aromatic carbocycles. The zero-order valence-electron chi connectivity index (χ0n) is 33.2. The first-order valence-corrected chi connectivity index (χ1v) is 19.5. The maximum Gasteiger partial charge on any atom is 0.410 e. The van der Waals surface area contributed by atoms with Gasteiger partial charge in [-0.15, -0.1) is 0 Å². The van der Waals surface area contributed by atoms with E-state index in [2.05, 4.69) is 75.3 Å². The van der Waals surface area contributed by atoms with Gasteiger partial charge in [-0.25, -0.2) is 20.0 Å². The first-order chi connectivity index (χ1) is 25.6. The number of anilines is 4. The van der Waals surface area contributed by atoms with E-state index < -0.39 is 11.2 Å². The van der Waals surface area contributed by atoms with Crippen LogP contribution in [0.15, 0.2) is 48.5 Å². The number of nitrogens with one attached hydrogen (secondary N) is 3. The van der Waals surface area contributed by atoms with E-state index in [1.165, 1.54) is 53.8 Å². The highest BCUT2D eigenvalue weighted by molar-refractivity contribution is 5.71. The Morgan fingerprint density at radius 3 is 1.87 bits per heavy atom. The number of ether oxygens (including phenoxy) is 2. The fourth-order valence-electron chi connectivity index (χ4n) is 7.04. The van der Waals surface area contributed by atoms with Crippen LogP contribution in [0.3, 0.4) is 0 Å². The van der Waals surface area contributed by atoms with Crippen LogP contribution in [0.1, 0.15) is 113 Å². The van der Waals surface area contributed by atoms with Crippen molar-refractivity contribution in [2.75, 3.05) is 23.7 Å². The summed E-state index contributed by atoms with van der Waals surface area (Å²) in [6.45, 7) is 18.0. The van der Waals surface area contributed by atoms with Gasteiger partial charge in [-0.2, -0.15) is 9.78 Å². The van der Waals surface area contributed by atoms with Crippen molar-refractivity contribution in [1.29, 1.82) is 0 Å². The Kier molecular flexibility index (Phi) is 10.1. The lowest BCUT2D eigenvalue weighted by atomic mass is 10.1. The first-order valence-electron chi connectivity index (χ1n) is 19.5. The van der Waals surface area contributed by atoms with E-state index >= 15 is 0 Å². The van der Waals surface area contributed by atoms with Crippen LogP contribution < -0.4 is 15.3 Å².